The van der Waals surface area contributed by atoms with Gasteiger partial charge in [0, 0.05) is 33.6 Å². The number of nitrogens with one attached hydrogen (secondary N) is 3. The third kappa shape index (κ3) is 16.9. The minimum absolute atomic E-state index is 0.844. The van der Waals surface area contributed by atoms with Gasteiger partial charge in [-0.3, -0.25) is 14.4 Å². The van der Waals surface area contributed by atoms with E-state index in [1.54, 1.807) is 0 Å². The van der Waals surface area contributed by atoms with E-state index in [1.807, 2.05) is 0 Å². The second kappa shape index (κ2) is 32.1. The molecule has 5 saturated heterocycles. The number of carbonyl (C=O) groups excluding carboxylic acids is 3. The fraction of sp³-hybridized carbons (Fsp3) is 0.896. The molecule has 0 unspecified atom stereocenters. The molecule has 5 heterocycles. The SMILES string of the molecule is CC(=O)N[C@H]1[C@H](OC[C@@H](O)[C@H](O)[C@H](O[C@@H]2O[C@H](CO)[C@H](O)[C@H](O[C@]3(C(=O)O)C[C@H](O)[C@@H](NC(C)=O)[C@H]([C@H](O)[C@H](O)CO)O3)[C@H]2O)[C@@H](O)CO)O[C@H](CO)[C@@H](O[C@@H]2O[C@H](CO)[C@H](O)[C@H](O[C@]3(C(=O)O)C[C@H](O)[C@@H](NC(C)=O)[C@H]([C@H](O)[C@H](O)CO)O3)[C@H]2O)[C@@H]1O. The fourth-order valence-corrected chi connectivity index (χ4v) is 10.6. The Morgan fingerprint density at radius 1 is 0.489 bits per heavy atom. The van der Waals surface area contributed by atoms with Crippen LogP contribution in [0.3, 0.4) is 0 Å². The predicted molar refractivity (Wildman–Crippen MR) is 271 cm³/mol. The van der Waals surface area contributed by atoms with E-state index in [4.69, 9.17) is 47.4 Å². The van der Waals surface area contributed by atoms with Crippen LogP contribution in [0.25, 0.3) is 0 Å². The number of aliphatic hydroxyl groups excluding tert-OH is 20. The molecule has 5 aliphatic heterocycles. The lowest BCUT2D eigenvalue weighted by Crippen LogP contribution is -2.71. The largest absolute Gasteiger partial charge is 0.477 e. The van der Waals surface area contributed by atoms with Crippen molar-refractivity contribution in [2.24, 2.45) is 0 Å². The molecule has 3 amide bonds. The summed E-state index contributed by atoms with van der Waals surface area (Å²) in [6.45, 7) is -5.48. The lowest BCUT2D eigenvalue weighted by molar-refractivity contribution is -0.383. The average molecular weight is 1290 g/mol. The number of amides is 3. The minimum Gasteiger partial charge on any atom is -0.477 e. The molecule has 5 aliphatic rings. The molecule has 25 N–H and O–H groups in total. The van der Waals surface area contributed by atoms with Crippen molar-refractivity contribution in [3.8, 4) is 0 Å². The van der Waals surface area contributed by atoms with Crippen molar-refractivity contribution in [3.05, 3.63) is 0 Å². The maximum absolute atomic E-state index is 13.0. The maximum Gasteiger partial charge on any atom is 0.364 e. The zero-order chi connectivity index (χ0) is 66.2. The van der Waals surface area contributed by atoms with Crippen LogP contribution in [0.2, 0.25) is 0 Å². The van der Waals surface area contributed by atoms with Crippen molar-refractivity contribution < 1.29 is 184 Å². The summed E-state index contributed by atoms with van der Waals surface area (Å²) in [5.74, 6) is -13.3. The number of hydrogen-bond acceptors (Lipinski definition) is 35. The van der Waals surface area contributed by atoms with Crippen LogP contribution >= 0.6 is 0 Å². The molecule has 0 radical (unpaired) electrons. The maximum atomic E-state index is 13.0. The first-order valence-corrected chi connectivity index (χ1v) is 27.3. The van der Waals surface area contributed by atoms with Crippen molar-refractivity contribution in [3.63, 3.8) is 0 Å². The number of ether oxygens (including phenoxy) is 10. The highest BCUT2D eigenvalue weighted by atomic mass is 16.8. The van der Waals surface area contributed by atoms with Crippen LogP contribution in [0, 0.1) is 0 Å². The zero-order valence-corrected chi connectivity index (χ0v) is 47.1. The monoisotopic (exact) mass is 1290 g/mol. The van der Waals surface area contributed by atoms with E-state index in [-0.39, 0.29) is 0 Å². The van der Waals surface area contributed by atoms with Gasteiger partial charge in [-0.05, 0) is 0 Å². The number of carbonyl (C=O) groups is 5. The van der Waals surface area contributed by atoms with Gasteiger partial charge in [-0.2, -0.15) is 0 Å². The molecule has 40 heteroatoms. The fourth-order valence-electron chi connectivity index (χ4n) is 10.6. The van der Waals surface area contributed by atoms with Gasteiger partial charge in [-0.15, -0.1) is 0 Å². The molecule has 40 nitrogen and oxygen atoms in total. The van der Waals surface area contributed by atoms with E-state index < -0.39 is 278 Å². The highest BCUT2D eigenvalue weighted by Crippen LogP contribution is 2.41. The van der Waals surface area contributed by atoms with E-state index in [1.165, 1.54) is 0 Å². The Labute approximate surface area is 497 Å². The molecule has 0 aromatic heterocycles. The number of aliphatic carboxylic acids is 2. The van der Waals surface area contributed by atoms with Gasteiger partial charge in [-0.1, -0.05) is 0 Å². The van der Waals surface area contributed by atoms with Gasteiger partial charge < -0.3 is 176 Å². The molecule has 0 aromatic carbocycles. The number of carboxylic acid groups (broad SMARTS) is 2. The van der Waals surface area contributed by atoms with E-state index in [0.717, 1.165) is 20.8 Å². The van der Waals surface area contributed by atoms with Gasteiger partial charge in [-0.25, -0.2) is 9.59 Å². The van der Waals surface area contributed by atoms with E-state index >= 15 is 0 Å². The summed E-state index contributed by atoms with van der Waals surface area (Å²) in [7, 11) is 0. The van der Waals surface area contributed by atoms with Gasteiger partial charge in [0.05, 0.1) is 70.5 Å². The molecule has 510 valence electrons. The van der Waals surface area contributed by atoms with Crippen molar-refractivity contribution in [2.45, 2.75) is 223 Å². The average Bonchev–Trinajstić information content (AvgIpc) is 1.64. The first kappa shape index (κ1) is 74.9. The van der Waals surface area contributed by atoms with Crippen molar-refractivity contribution in [1.82, 2.24) is 16.0 Å². The summed E-state index contributed by atoms with van der Waals surface area (Å²) in [6.07, 6.45) is -59.5. The Kier molecular flexibility index (Phi) is 27.3. The highest BCUT2D eigenvalue weighted by molar-refractivity contribution is 5.77. The van der Waals surface area contributed by atoms with Crippen molar-refractivity contribution in [1.29, 1.82) is 0 Å². The van der Waals surface area contributed by atoms with Crippen molar-refractivity contribution in [2.75, 3.05) is 46.2 Å². The Bertz CT molecular complexity index is 2270. The Morgan fingerprint density at radius 3 is 1.26 bits per heavy atom. The summed E-state index contributed by atoms with van der Waals surface area (Å²) in [5.41, 5.74) is 0. The van der Waals surface area contributed by atoms with Crippen LogP contribution in [-0.2, 0) is 71.3 Å². The molecular formula is C48H81N3O37. The van der Waals surface area contributed by atoms with Crippen LogP contribution in [0.1, 0.15) is 33.6 Å². The zero-order valence-electron chi connectivity index (χ0n) is 47.1. The summed E-state index contributed by atoms with van der Waals surface area (Å²) in [5, 5.41) is 243. The Morgan fingerprint density at radius 2 is 0.875 bits per heavy atom. The molecular weight excluding hydrogens is 1210 g/mol. The summed E-state index contributed by atoms with van der Waals surface area (Å²) < 4.78 is 56.2. The number of rotatable bonds is 29. The molecule has 5 fully saturated rings. The standard InChI is InChI=1S/C48H81N3O37/c1-13(58)49-25-16(61)4-47(45(75)76,85-38(25)28(67)18(63)6-52)87-40-31(70)22(9-55)80-43(34(40)73)83-36(20(65)8-54)30(69)21(66)12-79-42-27(51-15(3)60)33(72)37(24(11-57)82-42)84-44-35(74)41(32(71)23(10-56)81-44)88-48(46(77)78)5-17(62)26(50-14(2)59)39(86-48)29(68)19(64)7-53/h16-44,52-57,61-74H,4-12H2,1-3H3,(H,49,58)(H,50,59)(H,51,60)(H,75,76)(H,77,78)/t16-,17-,18+,19+,20-,21+,22+,23+,24+,25+,26+,27+,28+,29+,30-,31-,32-,33+,34+,35+,36+,37+,38+,39+,40-,41-,42+,43-,44-,47-,48-/m0/s1. The number of carboxylic acids is 2. The van der Waals surface area contributed by atoms with E-state index in [0.29, 0.717) is 0 Å². The van der Waals surface area contributed by atoms with E-state index in [2.05, 4.69) is 16.0 Å². The third-order valence-electron chi connectivity index (χ3n) is 15.2. The molecule has 0 saturated carbocycles. The Hall–Kier alpha value is -3.85. The number of aliphatic hydroxyl groups is 20. The molecule has 5 rings (SSSR count). The lowest BCUT2D eigenvalue weighted by atomic mass is 9.88. The molecule has 0 bridgehead atoms. The molecule has 31 atom stereocenters. The van der Waals surface area contributed by atoms with Crippen LogP contribution in [0.4, 0.5) is 0 Å². The quantitative estimate of drug-likeness (QED) is 0.0331. The minimum atomic E-state index is -3.25. The number of hydrogen-bond donors (Lipinski definition) is 25. The smallest absolute Gasteiger partial charge is 0.364 e. The van der Waals surface area contributed by atoms with Gasteiger partial charge in [0.25, 0.3) is 11.6 Å². The first-order chi connectivity index (χ1) is 41.2. The molecule has 88 heavy (non-hydrogen) atoms. The van der Waals surface area contributed by atoms with Crippen molar-refractivity contribution >= 4 is 29.7 Å². The molecule has 0 aromatic rings. The van der Waals surface area contributed by atoms with Crippen LogP contribution in [0.15, 0.2) is 0 Å². The summed E-state index contributed by atoms with van der Waals surface area (Å²) in [4.78, 5) is 62.6. The van der Waals surface area contributed by atoms with Crippen LogP contribution in [-0.4, -0.2) is 377 Å². The molecule has 0 spiro atoms. The topological polar surface area (TPSA) is 659 Å². The van der Waals surface area contributed by atoms with Gasteiger partial charge >= 0.3 is 11.9 Å². The van der Waals surface area contributed by atoms with Gasteiger partial charge in [0.1, 0.15) is 134 Å². The summed E-state index contributed by atoms with van der Waals surface area (Å²) in [6, 6.07) is -5.26. The second-order valence-electron chi connectivity index (χ2n) is 21.6. The van der Waals surface area contributed by atoms with E-state index in [9.17, 15) is 136 Å². The van der Waals surface area contributed by atoms with Crippen LogP contribution < -0.4 is 16.0 Å². The van der Waals surface area contributed by atoms with Gasteiger partial charge in [0.15, 0.2) is 18.9 Å². The highest BCUT2D eigenvalue weighted by Gasteiger charge is 2.62. The Balaban J connectivity index is 1.36. The van der Waals surface area contributed by atoms with Crippen LogP contribution in [0.5, 0.6) is 0 Å². The predicted octanol–water partition coefficient (Wildman–Crippen LogP) is -15.6. The third-order valence-corrected chi connectivity index (χ3v) is 15.2. The first-order valence-electron chi connectivity index (χ1n) is 27.3. The second-order valence-corrected chi connectivity index (χ2v) is 21.6. The lowest BCUT2D eigenvalue weighted by Gasteiger charge is -2.51. The summed E-state index contributed by atoms with van der Waals surface area (Å²) >= 11 is 0. The van der Waals surface area contributed by atoms with Gasteiger partial charge in [0.2, 0.25) is 17.7 Å². The normalized spacial score (nSPS) is 40.8. The molecule has 0 aliphatic carbocycles.